The van der Waals surface area contributed by atoms with Crippen molar-refractivity contribution in [1.29, 1.82) is 0 Å². The first-order valence-electron chi connectivity index (χ1n) is 2.63. The third-order valence-corrected chi connectivity index (χ3v) is 1.41. The Morgan fingerprint density at radius 3 is 2.67 bits per heavy atom. The Bertz CT molecular complexity index is 227. The Labute approximate surface area is 59.3 Å². The molecule has 1 aromatic rings. The maximum absolute atomic E-state index is 5.37. The van der Waals surface area contributed by atoms with Crippen LogP contribution in [0, 0.1) is 0 Å². The maximum atomic E-state index is 5.37. The molecule has 1 rings (SSSR count). The van der Waals surface area contributed by atoms with Crippen molar-refractivity contribution in [2.45, 2.75) is 0 Å². The third-order valence-electron chi connectivity index (χ3n) is 1.20. The SMILES string of the molecule is Cn1cccc1C(N)=S. The lowest BCUT2D eigenvalue weighted by molar-refractivity contribution is 0.916. The molecule has 0 atom stereocenters. The third kappa shape index (κ3) is 1.10. The molecule has 48 valence electrons. The van der Waals surface area contributed by atoms with Crippen LogP contribution in [0.15, 0.2) is 18.3 Å². The van der Waals surface area contributed by atoms with E-state index in [1.165, 1.54) is 0 Å². The van der Waals surface area contributed by atoms with Crippen molar-refractivity contribution in [3.05, 3.63) is 24.0 Å². The van der Waals surface area contributed by atoms with Gasteiger partial charge in [0.1, 0.15) is 4.99 Å². The fraction of sp³-hybridized carbons (Fsp3) is 0.167. The van der Waals surface area contributed by atoms with E-state index in [1.54, 1.807) is 0 Å². The van der Waals surface area contributed by atoms with Crippen molar-refractivity contribution >= 4 is 17.2 Å². The van der Waals surface area contributed by atoms with E-state index in [4.69, 9.17) is 18.0 Å². The summed E-state index contributed by atoms with van der Waals surface area (Å²) >= 11 is 4.76. The van der Waals surface area contributed by atoms with Crippen molar-refractivity contribution in [2.75, 3.05) is 0 Å². The van der Waals surface area contributed by atoms with Crippen LogP contribution in [0.1, 0.15) is 5.69 Å². The predicted octanol–water partition coefficient (Wildman–Crippen LogP) is 0.659. The highest BCUT2D eigenvalue weighted by Crippen LogP contribution is 1.97. The molecule has 0 aliphatic carbocycles. The summed E-state index contributed by atoms with van der Waals surface area (Å²) in [5.41, 5.74) is 6.28. The molecule has 2 N–H and O–H groups in total. The van der Waals surface area contributed by atoms with Crippen LogP contribution in [0.5, 0.6) is 0 Å². The van der Waals surface area contributed by atoms with Crippen molar-refractivity contribution in [3.8, 4) is 0 Å². The Hall–Kier alpha value is -0.830. The van der Waals surface area contributed by atoms with E-state index in [9.17, 15) is 0 Å². The molecular weight excluding hydrogens is 132 g/mol. The lowest BCUT2D eigenvalue weighted by atomic mass is 10.4. The molecule has 0 fully saturated rings. The standard InChI is InChI=1S/C6H8N2S/c1-8-4-2-3-5(8)6(7)9/h2-4H,1H3,(H2,7,9). The molecule has 9 heavy (non-hydrogen) atoms. The number of rotatable bonds is 1. The van der Waals surface area contributed by atoms with Gasteiger partial charge in [0.05, 0.1) is 5.69 Å². The number of thiocarbonyl (C=S) groups is 1. The lowest BCUT2D eigenvalue weighted by Gasteiger charge is -1.97. The zero-order valence-corrected chi connectivity index (χ0v) is 5.98. The van der Waals surface area contributed by atoms with Gasteiger partial charge in [-0.15, -0.1) is 0 Å². The van der Waals surface area contributed by atoms with Gasteiger partial charge in [-0.3, -0.25) is 0 Å². The van der Waals surface area contributed by atoms with Crippen LogP contribution in [0.25, 0.3) is 0 Å². The van der Waals surface area contributed by atoms with Crippen LogP contribution in [0.2, 0.25) is 0 Å². The van der Waals surface area contributed by atoms with E-state index >= 15 is 0 Å². The number of nitrogens with zero attached hydrogens (tertiary/aromatic N) is 1. The van der Waals surface area contributed by atoms with E-state index in [2.05, 4.69) is 0 Å². The quantitative estimate of drug-likeness (QED) is 0.581. The Morgan fingerprint density at radius 1 is 1.78 bits per heavy atom. The number of aromatic nitrogens is 1. The van der Waals surface area contributed by atoms with Crippen LogP contribution in [-0.2, 0) is 7.05 Å². The summed E-state index contributed by atoms with van der Waals surface area (Å²) in [5.74, 6) is 0. The highest BCUT2D eigenvalue weighted by atomic mass is 32.1. The van der Waals surface area contributed by atoms with Gasteiger partial charge in [-0.1, -0.05) is 12.2 Å². The van der Waals surface area contributed by atoms with Crippen LogP contribution >= 0.6 is 12.2 Å². The van der Waals surface area contributed by atoms with Gasteiger partial charge < -0.3 is 10.3 Å². The molecule has 0 saturated heterocycles. The lowest BCUT2D eigenvalue weighted by Crippen LogP contribution is -2.13. The molecule has 0 aromatic carbocycles. The monoisotopic (exact) mass is 140 g/mol. The smallest absolute Gasteiger partial charge is 0.120 e. The highest BCUT2D eigenvalue weighted by Gasteiger charge is 1.96. The van der Waals surface area contributed by atoms with E-state index in [-0.39, 0.29) is 0 Å². The molecule has 3 heteroatoms. The molecule has 0 spiro atoms. The molecule has 0 saturated carbocycles. The van der Waals surface area contributed by atoms with Gasteiger partial charge in [0.25, 0.3) is 0 Å². The second-order valence-electron chi connectivity index (χ2n) is 1.87. The zero-order chi connectivity index (χ0) is 6.85. The van der Waals surface area contributed by atoms with Gasteiger partial charge in [0.15, 0.2) is 0 Å². The Kier molecular flexibility index (Phi) is 1.53. The molecule has 0 unspecified atom stereocenters. The molecule has 1 heterocycles. The van der Waals surface area contributed by atoms with Gasteiger partial charge >= 0.3 is 0 Å². The molecule has 0 radical (unpaired) electrons. The fourth-order valence-electron chi connectivity index (χ4n) is 0.717. The van der Waals surface area contributed by atoms with Gasteiger partial charge in [-0.05, 0) is 12.1 Å². The second kappa shape index (κ2) is 2.19. The van der Waals surface area contributed by atoms with Gasteiger partial charge in [0, 0.05) is 13.2 Å². The Balaban J connectivity index is 3.08. The minimum atomic E-state index is 0.447. The molecule has 1 aromatic heterocycles. The van der Waals surface area contributed by atoms with Crippen LogP contribution in [0.4, 0.5) is 0 Å². The first-order chi connectivity index (χ1) is 4.22. The number of nitrogens with two attached hydrogens (primary N) is 1. The molecule has 0 aliphatic rings. The van der Waals surface area contributed by atoms with Crippen molar-refractivity contribution in [1.82, 2.24) is 4.57 Å². The summed E-state index contributed by atoms with van der Waals surface area (Å²) in [6.07, 6.45) is 1.91. The van der Waals surface area contributed by atoms with Gasteiger partial charge in [-0.2, -0.15) is 0 Å². The topological polar surface area (TPSA) is 30.9 Å². The highest BCUT2D eigenvalue weighted by molar-refractivity contribution is 7.80. The number of hydrogen-bond donors (Lipinski definition) is 1. The van der Waals surface area contributed by atoms with Crippen molar-refractivity contribution < 1.29 is 0 Å². The van der Waals surface area contributed by atoms with E-state index in [1.807, 2.05) is 29.9 Å². The minimum absolute atomic E-state index is 0.447. The van der Waals surface area contributed by atoms with Gasteiger partial charge in [0.2, 0.25) is 0 Å². The van der Waals surface area contributed by atoms with Crippen LogP contribution in [0.3, 0.4) is 0 Å². The predicted molar refractivity (Wildman–Crippen MR) is 41.3 cm³/mol. The zero-order valence-electron chi connectivity index (χ0n) is 5.16. The fourth-order valence-corrected chi connectivity index (χ4v) is 0.929. The average molecular weight is 140 g/mol. The minimum Gasteiger partial charge on any atom is -0.388 e. The van der Waals surface area contributed by atoms with Crippen LogP contribution < -0.4 is 5.73 Å². The Morgan fingerprint density at radius 2 is 2.44 bits per heavy atom. The molecular formula is C6H8N2S. The maximum Gasteiger partial charge on any atom is 0.120 e. The summed E-state index contributed by atoms with van der Waals surface area (Å²) < 4.78 is 1.89. The second-order valence-corrected chi connectivity index (χ2v) is 2.31. The summed E-state index contributed by atoms with van der Waals surface area (Å²) in [4.78, 5) is 0.447. The number of aryl methyl sites for hydroxylation is 1. The average Bonchev–Trinajstić information content (AvgIpc) is 2.13. The summed E-state index contributed by atoms with van der Waals surface area (Å²) in [7, 11) is 1.91. The summed E-state index contributed by atoms with van der Waals surface area (Å²) in [6.45, 7) is 0. The number of hydrogen-bond acceptors (Lipinski definition) is 1. The molecule has 2 nitrogen and oxygen atoms in total. The molecule has 0 aliphatic heterocycles. The van der Waals surface area contributed by atoms with Crippen molar-refractivity contribution in [3.63, 3.8) is 0 Å². The first-order valence-corrected chi connectivity index (χ1v) is 3.04. The molecule has 0 amide bonds. The summed E-state index contributed by atoms with van der Waals surface area (Å²) in [5, 5.41) is 0. The van der Waals surface area contributed by atoms with Gasteiger partial charge in [-0.25, -0.2) is 0 Å². The van der Waals surface area contributed by atoms with E-state index in [0.29, 0.717) is 4.99 Å². The molecule has 0 bridgehead atoms. The largest absolute Gasteiger partial charge is 0.388 e. The van der Waals surface area contributed by atoms with E-state index < -0.39 is 0 Å². The first kappa shape index (κ1) is 6.29. The summed E-state index contributed by atoms with van der Waals surface area (Å²) in [6, 6.07) is 3.80. The van der Waals surface area contributed by atoms with E-state index in [0.717, 1.165) is 5.69 Å². The normalized spacial score (nSPS) is 9.44. The van der Waals surface area contributed by atoms with Crippen molar-refractivity contribution in [2.24, 2.45) is 12.8 Å². The van der Waals surface area contributed by atoms with Crippen LogP contribution in [-0.4, -0.2) is 9.56 Å².